The van der Waals surface area contributed by atoms with E-state index in [2.05, 4.69) is 4.74 Å². The first-order chi connectivity index (χ1) is 8.99. The van der Waals surface area contributed by atoms with Crippen molar-refractivity contribution in [1.82, 2.24) is 0 Å². The summed E-state index contributed by atoms with van der Waals surface area (Å²) in [6, 6.07) is 4.11. The zero-order valence-electron chi connectivity index (χ0n) is 10.6. The Balaban J connectivity index is 3.18. The minimum Gasteiger partial charge on any atom is -0.481 e. The van der Waals surface area contributed by atoms with Crippen molar-refractivity contribution in [3.63, 3.8) is 0 Å². The number of hydrogen-bond donors (Lipinski definition) is 1. The number of aliphatic carboxylic acids is 1. The van der Waals surface area contributed by atoms with E-state index in [9.17, 15) is 14.4 Å². The second kappa shape index (κ2) is 6.53. The Morgan fingerprint density at radius 2 is 1.89 bits per heavy atom. The molecule has 0 radical (unpaired) electrons. The summed E-state index contributed by atoms with van der Waals surface area (Å²) in [5.74, 6) is -2.34. The van der Waals surface area contributed by atoms with E-state index in [0.29, 0.717) is 0 Å². The van der Waals surface area contributed by atoms with Crippen LogP contribution in [0, 0.1) is 0 Å². The standard InChI is InChI=1S/C13H14O6/c1-3-19-12(16)9-5-4-8(7-11(14)15)10(6-9)13(17)18-2/h4-6H,3,7H2,1-2H3,(H,14,15). The van der Waals surface area contributed by atoms with Gasteiger partial charge < -0.3 is 14.6 Å². The highest BCUT2D eigenvalue weighted by molar-refractivity contribution is 5.97. The molecular weight excluding hydrogens is 252 g/mol. The average Bonchev–Trinajstić information content (AvgIpc) is 2.37. The molecule has 1 N–H and O–H groups in total. The number of ether oxygens (including phenoxy) is 2. The molecule has 0 aliphatic rings. The van der Waals surface area contributed by atoms with Crippen molar-refractivity contribution in [3.05, 3.63) is 34.9 Å². The Bertz CT molecular complexity index is 506. The first-order valence-corrected chi connectivity index (χ1v) is 5.59. The van der Waals surface area contributed by atoms with Gasteiger partial charge >= 0.3 is 17.9 Å². The summed E-state index contributed by atoms with van der Waals surface area (Å²) in [6.45, 7) is 1.88. The fraction of sp³-hybridized carbons (Fsp3) is 0.308. The van der Waals surface area contributed by atoms with Gasteiger partial charge in [0.1, 0.15) is 0 Å². The summed E-state index contributed by atoms with van der Waals surface area (Å²) in [6.07, 6.45) is -0.326. The number of carboxylic acids is 1. The summed E-state index contributed by atoms with van der Waals surface area (Å²) < 4.78 is 9.38. The van der Waals surface area contributed by atoms with Gasteiger partial charge in [0.25, 0.3) is 0 Å². The maximum Gasteiger partial charge on any atom is 0.338 e. The molecule has 0 aliphatic carbocycles. The number of benzene rings is 1. The summed E-state index contributed by atoms with van der Waals surface area (Å²) in [5, 5.41) is 8.76. The minimum atomic E-state index is -1.07. The predicted octanol–water partition coefficient (Wildman–Crippen LogP) is 1.28. The third kappa shape index (κ3) is 3.80. The van der Waals surface area contributed by atoms with E-state index in [1.807, 2.05) is 0 Å². The number of carbonyl (C=O) groups excluding carboxylic acids is 2. The first-order valence-electron chi connectivity index (χ1n) is 5.59. The largest absolute Gasteiger partial charge is 0.481 e. The summed E-state index contributed by atoms with van der Waals surface area (Å²) in [7, 11) is 1.18. The smallest absolute Gasteiger partial charge is 0.338 e. The Kier molecular flexibility index (Phi) is 5.05. The van der Waals surface area contributed by atoms with Gasteiger partial charge in [-0.25, -0.2) is 9.59 Å². The zero-order chi connectivity index (χ0) is 14.4. The second-order valence-electron chi connectivity index (χ2n) is 3.65. The molecule has 0 aliphatic heterocycles. The molecule has 0 atom stereocenters. The Labute approximate surface area is 109 Å². The van der Waals surface area contributed by atoms with E-state index < -0.39 is 17.9 Å². The fourth-order valence-electron chi connectivity index (χ4n) is 1.53. The number of carboxylic acid groups (broad SMARTS) is 1. The maximum absolute atomic E-state index is 11.6. The van der Waals surface area contributed by atoms with Gasteiger partial charge in [-0.2, -0.15) is 0 Å². The van der Waals surface area contributed by atoms with Crippen LogP contribution in [0.25, 0.3) is 0 Å². The molecule has 0 saturated carbocycles. The van der Waals surface area contributed by atoms with Crippen LogP contribution in [0.3, 0.4) is 0 Å². The molecule has 1 rings (SSSR count). The third-order valence-electron chi connectivity index (χ3n) is 2.37. The van der Waals surface area contributed by atoms with Crippen LogP contribution in [0.1, 0.15) is 33.2 Å². The second-order valence-corrected chi connectivity index (χ2v) is 3.65. The van der Waals surface area contributed by atoms with E-state index in [4.69, 9.17) is 9.84 Å². The van der Waals surface area contributed by atoms with Crippen LogP contribution in [0.5, 0.6) is 0 Å². The van der Waals surface area contributed by atoms with Crippen LogP contribution in [0.15, 0.2) is 18.2 Å². The molecule has 6 heteroatoms. The van der Waals surface area contributed by atoms with Crippen LogP contribution in [-0.4, -0.2) is 36.7 Å². The quantitative estimate of drug-likeness (QED) is 0.807. The lowest BCUT2D eigenvalue weighted by Gasteiger charge is -2.08. The number of carbonyl (C=O) groups is 3. The SMILES string of the molecule is CCOC(=O)c1ccc(CC(=O)O)c(C(=O)OC)c1. The summed E-state index contributed by atoms with van der Waals surface area (Å²) >= 11 is 0. The monoisotopic (exact) mass is 266 g/mol. The van der Waals surface area contributed by atoms with Crippen LogP contribution < -0.4 is 0 Å². The highest BCUT2D eigenvalue weighted by atomic mass is 16.5. The highest BCUT2D eigenvalue weighted by Crippen LogP contribution is 2.15. The average molecular weight is 266 g/mol. The number of esters is 2. The van der Waals surface area contributed by atoms with Crippen molar-refractivity contribution in [1.29, 1.82) is 0 Å². The maximum atomic E-state index is 11.6. The molecule has 0 unspecified atom stereocenters. The Morgan fingerprint density at radius 3 is 2.42 bits per heavy atom. The molecule has 6 nitrogen and oxygen atoms in total. The van der Waals surface area contributed by atoms with Gasteiger partial charge in [0.2, 0.25) is 0 Å². The van der Waals surface area contributed by atoms with Crippen molar-refractivity contribution in [2.45, 2.75) is 13.3 Å². The van der Waals surface area contributed by atoms with Crippen LogP contribution in [-0.2, 0) is 20.7 Å². The van der Waals surface area contributed by atoms with Crippen LogP contribution in [0.4, 0.5) is 0 Å². The lowest BCUT2D eigenvalue weighted by atomic mass is 10.0. The number of rotatable bonds is 5. The summed E-state index contributed by atoms with van der Waals surface area (Å²) in [5.41, 5.74) is 0.513. The van der Waals surface area contributed by atoms with Gasteiger partial charge in [0.15, 0.2) is 0 Å². The lowest BCUT2D eigenvalue weighted by Crippen LogP contribution is -2.12. The molecule has 0 aromatic heterocycles. The Hall–Kier alpha value is -2.37. The molecule has 1 aromatic carbocycles. The zero-order valence-corrected chi connectivity index (χ0v) is 10.6. The van der Waals surface area contributed by atoms with Crippen molar-refractivity contribution in [2.75, 3.05) is 13.7 Å². The molecular formula is C13H14O6. The normalized spacial score (nSPS) is 9.79. The lowest BCUT2D eigenvalue weighted by molar-refractivity contribution is -0.136. The Morgan fingerprint density at radius 1 is 1.21 bits per heavy atom. The molecule has 0 fully saturated rings. The molecule has 0 amide bonds. The molecule has 0 spiro atoms. The van der Waals surface area contributed by atoms with Crippen molar-refractivity contribution < 1.29 is 29.0 Å². The van der Waals surface area contributed by atoms with Gasteiger partial charge in [0, 0.05) is 0 Å². The number of hydrogen-bond acceptors (Lipinski definition) is 5. The van der Waals surface area contributed by atoms with Crippen LogP contribution in [0.2, 0.25) is 0 Å². The van der Waals surface area contributed by atoms with Gasteiger partial charge in [0.05, 0.1) is 31.3 Å². The van der Waals surface area contributed by atoms with Gasteiger partial charge in [-0.15, -0.1) is 0 Å². The molecule has 1 aromatic rings. The number of methoxy groups -OCH3 is 1. The highest BCUT2D eigenvalue weighted by Gasteiger charge is 2.17. The van der Waals surface area contributed by atoms with E-state index in [1.54, 1.807) is 6.92 Å². The van der Waals surface area contributed by atoms with E-state index in [1.165, 1.54) is 25.3 Å². The van der Waals surface area contributed by atoms with Crippen molar-refractivity contribution in [3.8, 4) is 0 Å². The molecule has 19 heavy (non-hydrogen) atoms. The minimum absolute atomic E-state index is 0.0513. The van der Waals surface area contributed by atoms with E-state index in [-0.39, 0.29) is 29.7 Å². The van der Waals surface area contributed by atoms with Gasteiger partial charge in [-0.3, -0.25) is 4.79 Å². The topological polar surface area (TPSA) is 89.9 Å². The van der Waals surface area contributed by atoms with Crippen LogP contribution >= 0.6 is 0 Å². The van der Waals surface area contributed by atoms with Gasteiger partial charge in [-0.05, 0) is 24.6 Å². The molecule has 102 valence electrons. The van der Waals surface area contributed by atoms with E-state index in [0.717, 1.165) is 0 Å². The van der Waals surface area contributed by atoms with E-state index >= 15 is 0 Å². The molecule has 0 saturated heterocycles. The van der Waals surface area contributed by atoms with Crippen molar-refractivity contribution >= 4 is 17.9 Å². The van der Waals surface area contributed by atoms with Crippen molar-refractivity contribution in [2.24, 2.45) is 0 Å². The molecule has 0 bridgehead atoms. The summed E-state index contributed by atoms with van der Waals surface area (Å²) in [4.78, 5) is 33.8. The third-order valence-corrected chi connectivity index (χ3v) is 2.37. The molecule has 0 heterocycles. The predicted molar refractivity (Wildman–Crippen MR) is 65.1 cm³/mol. The van der Waals surface area contributed by atoms with Gasteiger partial charge in [-0.1, -0.05) is 6.07 Å². The fourth-order valence-corrected chi connectivity index (χ4v) is 1.53. The first kappa shape index (κ1) is 14.7.